The van der Waals surface area contributed by atoms with E-state index in [2.05, 4.69) is 24.5 Å². The van der Waals surface area contributed by atoms with Gasteiger partial charge in [0, 0.05) is 18.7 Å². The van der Waals surface area contributed by atoms with Gasteiger partial charge in [0.15, 0.2) is 0 Å². The minimum atomic E-state index is -0.378. The lowest BCUT2D eigenvalue weighted by Gasteiger charge is -2.32. The zero-order valence-electron chi connectivity index (χ0n) is 9.48. The fraction of sp³-hybridized carbons (Fsp3) is 0.500. The predicted octanol–water partition coefficient (Wildman–Crippen LogP) is 3.73. The van der Waals surface area contributed by atoms with Crippen molar-refractivity contribution in [3.8, 4) is 0 Å². The molecule has 1 aliphatic heterocycles. The van der Waals surface area contributed by atoms with E-state index >= 15 is 0 Å². The molecule has 1 heterocycles. The van der Waals surface area contributed by atoms with Gasteiger partial charge in [-0.05, 0) is 12.0 Å². The van der Waals surface area contributed by atoms with Gasteiger partial charge in [-0.1, -0.05) is 31.9 Å². The molecular weight excluding hydrogens is 227 g/mol. The van der Waals surface area contributed by atoms with Gasteiger partial charge in [-0.2, -0.15) is 0 Å². The highest BCUT2D eigenvalue weighted by atomic mass is 35.5. The smallest absolute Gasteiger partial charge is 0.143 e. The van der Waals surface area contributed by atoms with Gasteiger partial charge in [0.1, 0.15) is 5.82 Å². The monoisotopic (exact) mass is 242 g/mol. The molecular formula is C12H16ClFN2. The molecule has 0 aliphatic carbocycles. The Bertz CT molecular complexity index is 395. The Balaban J connectivity index is 2.23. The van der Waals surface area contributed by atoms with Gasteiger partial charge in [-0.25, -0.2) is 4.39 Å². The molecule has 0 aromatic heterocycles. The lowest BCUT2D eigenvalue weighted by Crippen LogP contribution is -2.37. The van der Waals surface area contributed by atoms with Crippen LogP contribution in [-0.2, 0) is 0 Å². The van der Waals surface area contributed by atoms with Crippen LogP contribution < -0.4 is 10.6 Å². The maximum absolute atomic E-state index is 13.2. The second-order valence-corrected chi connectivity index (χ2v) is 4.74. The fourth-order valence-electron chi connectivity index (χ4n) is 1.91. The quantitative estimate of drug-likeness (QED) is 0.826. The Hall–Kier alpha value is -0.960. The molecule has 2 unspecified atom stereocenters. The van der Waals surface area contributed by atoms with Crippen LogP contribution in [0.5, 0.6) is 0 Å². The first-order valence-electron chi connectivity index (χ1n) is 5.61. The van der Waals surface area contributed by atoms with Gasteiger partial charge in [0.05, 0.1) is 16.4 Å². The maximum atomic E-state index is 13.2. The number of rotatable bonds is 2. The van der Waals surface area contributed by atoms with Crippen molar-refractivity contribution in [1.29, 1.82) is 0 Å². The SMILES string of the molecule is CCC(C)C1CNc2cc(F)c(Cl)cc2N1. The van der Waals surface area contributed by atoms with Crippen molar-refractivity contribution >= 4 is 23.0 Å². The van der Waals surface area contributed by atoms with Gasteiger partial charge < -0.3 is 10.6 Å². The molecule has 1 aliphatic rings. The summed E-state index contributed by atoms with van der Waals surface area (Å²) in [7, 11) is 0. The van der Waals surface area contributed by atoms with Crippen LogP contribution >= 0.6 is 11.6 Å². The van der Waals surface area contributed by atoms with Crippen molar-refractivity contribution in [1.82, 2.24) is 0 Å². The number of hydrogen-bond acceptors (Lipinski definition) is 2. The predicted molar refractivity (Wildman–Crippen MR) is 66.8 cm³/mol. The van der Waals surface area contributed by atoms with Crippen LogP contribution in [0.4, 0.5) is 15.8 Å². The van der Waals surface area contributed by atoms with E-state index in [1.807, 2.05) is 0 Å². The number of benzene rings is 1. The molecule has 0 bridgehead atoms. The van der Waals surface area contributed by atoms with Crippen molar-refractivity contribution in [2.75, 3.05) is 17.2 Å². The molecule has 0 radical (unpaired) electrons. The summed E-state index contributed by atoms with van der Waals surface area (Å²) in [5, 5.41) is 6.80. The molecule has 0 spiro atoms. The summed E-state index contributed by atoms with van der Waals surface area (Å²) in [6.45, 7) is 5.19. The lowest BCUT2D eigenvalue weighted by molar-refractivity contribution is 0.477. The first kappa shape index (κ1) is 11.5. The van der Waals surface area contributed by atoms with Gasteiger partial charge in [0.25, 0.3) is 0 Å². The standard InChI is InChI=1S/C12H16ClFN2/c1-3-7(2)12-6-15-10-5-9(14)8(13)4-11(10)16-12/h4-5,7,12,15-16H,3,6H2,1-2H3. The average Bonchev–Trinajstić information content (AvgIpc) is 2.29. The Labute approximate surface area is 100 Å². The Morgan fingerprint density at radius 3 is 2.94 bits per heavy atom. The normalized spacial score (nSPS) is 20.6. The zero-order chi connectivity index (χ0) is 11.7. The molecule has 2 nitrogen and oxygen atoms in total. The van der Waals surface area contributed by atoms with E-state index in [4.69, 9.17) is 11.6 Å². The minimum absolute atomic E-state index is 0.165. The van der Waals surface area contributed by atoms with Gasteiger partial charge in [0.2, 0.25) is 0 Å². The summed E-state index contributed by atoms with van der Waals surface area (Å²) in [6.07, 6.45) is 1.11. The zero-order valence-corrected chi connectivity index (χ0v) is 10.2. The number of fused-ring (bicyclic) bond motifs is 1. The molecule has 0 saturated carbocycles. The third kappa shape index (κ3) is 2.09. The van der Waals surface area contributed by atoms with Gasteiger partial charge in [-0.15, -0.1) is 0 Å². The third-order valence-corrected chi connectivity index (χ3v) is 3.53. The summed E-state index contributed by atoms with van der Waals surface area (Å²) in [4.78, 5) is 0. The van der Waals surface area contributed by atoms with Crippen LogP contribution in [0.3, 0.4) is 0 Å². The number of anilines is 2. The van der Waals surface area contributed by atoms with Crippen molar-refractivity contribution in [2.24, 2.45) is 5.92 Å². The third-order valence-electron chi connectivity index (χ3n) is 3.24. The van der Waals surface area contributed by atoms with E-state index in [-0.39, 0.29) is 10.8 Å². The highest BCUT2D eigenvalue weighted by Crippen LogP contribution is 2.32. The van der Waals surface area contributed by atoms with Gasteiger partial charge >= 0.3 is 0 Å². The topological polar surface area (TPSA) is 24.1 Å². The van der Waals surface area contributed by atoms with Crippen LogP contribution in [0.1, 0.15) is 20.3 Å². The molecule has 2 N–H and O–H groups in total. The summed E-state index contributed by atoms with van der Waals surface area (Å²) >= 11 is 5.76. The van der Waals surface area contributed by atoms with Crippen LogP contribution in [0, 0.1) is 11.7 Å². The van der Waals surface area contributed by atoms with Crippen LogP contribution in [0.15, 0.2) is 12.1 Å². The van der Waals surface area contributed by atoms with E-state index in [0.29, 0.717) is 12.0 Å². The highest BCUT2D eigenvalue weighted by molar-refractivity contribution is 6.31. The van der Waals surface area contributed by atoms with Crippen LogP contribution in [-0.4, -0.2) is 12.6 Å². The van der Waals surface area contributed by atoms with Crippen molar-refractivity contribution in [2.45, 2.75) is 26.3 Å². The van der Waals surface area contributed by atoms with Gasteiger partial charge in [-0.3, -0.25) is 0 Å². The Morgan fingerprint density at radius 2 is 2.25 bits per heavy atom. The molecule has 88 valence electrons. The average molecular weight is 243 g/mol. The van der Waals surface area contributed by atoms with E-state index in [1.54, 1.807) is 6.07 Å². The molecule has 16 heavy (non-hydrogen) atoms. The molecule has 0 amide bonds. The van der Waals surface area contributed by atoms with Crippen LogP contribution in [0.2, 0.25) is 5.02 Å². The highest BCUT2D eigenvalue weighted by Gasteiger charge is 2.22. The lowest BCUT2D eigenvalue weighted by atomic mass is 9.97. The van der Waals surface area contributed by atoms with Crippen LogP contribution in [0.25, 0.3) is 0 Å². The molecule has 2 rings (SSSR count). The Morgan fingerprint density at radius 1 is 1.50 bits per heavy atom. The summed E-state index contributed by atoms with van der Waals surface area (Å²) < 4.78 is 13.2. The molecule has 4 heteroatoms. The largest absolute Gasteiger partial charge is 0.381 e. The van der Waals surface area contributed by atoms with Crippen molar-refractivity contribution in [3.05, 3.63) is 23.0 Å². The second-order valence-electron chi connectivity index (χ2n) is 4.33. The summed E-state index contributed by atoms with van der Waals surface area (Å²) in [5.41, 5.74) is 1.68. The van der Waals surface area contributed by atoms with Crippen molar-refractivity contribution < 1.29 is 4.39 Å². The van der Waals surface area contributed by atoms with E-state index in [1.165, 1.54) is 6.07 Å². The summed E-state index contributed by atoms with van der Waals surface area (Å²) in [5.74, 6) is 0.196. The second kappa shape index (κ2) is 4.50. The molecule has 2 atom stereocenters. The van der Waals surface area contributed by atoms with E-state index < -0.39 is 0 Å². The number of halogens is 2. The molecule has 0 fully saturated rings. The minimum Gasteiger partial charge on any atom is -0.381 e. The van der Waals surface area contributed by atoms with E-state index in [9.17, 15) is 4.39 Å². The van der Waals surface area contributed by atoms with Crippen molar-refractivity contribution in [3.63, 3.8) is 0 Å². The maximum Gasteiger partial charge on any atom is 0.143 e. The number of nitrogens with one attached hydrogen (secondary N) is 2. The molecule has 0 saturated heterocycles. The molecule has 1 aromatic carbocycles. The molecule has 1 aromatic rings. The first-order chi connectivity index (χ1) is 7.61. The number of hydrogen-bond donors (Lipinski definition) is 2. The fourth-order valence-corrected chi connectivity index (χ4v) is 2.07. The first-order valence-corrected chi connectivity index (χ1v) is 5.99. The summed E-state index contributed by atoms with van der Waals surface area (Å²) in [6, 6.07) is 3.46. The van der Waals surface area contributed by atoms with E-state index in [0.717, 1.165) is 24.3 Å². The Kier molecular flexibility index (Phi) is 3.24.